The van der Waals surface area contributed by atoms with Crippen LogP contribution < -0.4 is 14.3 Å². The van der Waals surface area contributed by atoms with Crippen LogP contribution in [0.1, 0.15) is 33.4 Å². The van der Waals surface area contributed by atoms with Crippen molar-refractivity contribution in [3.8, 4) is 11.5 Å². The quantitative estimate of drug-likeness (QED) is 0.523. The van der Waals surface area contributed by atoms with E-state index in [-0.39, 0.29) is 5.78 Å². The van der Waals surface area contributed by atoms with Gasteiger partial charge in [-0.05, 0) is 49.6 Å². The molecule has 0 atom stereocenters. The summed E-state index contributed by atoms with van der Waals surface area (Å²) in [6.07, 6.45) is 0.788. The van der Waals surface area contributed by atoms with E-state index in [2.05, 4.69) is 4.57 Å². The van der Waals surface area contributed by atoms with Crippen molar-refractivity contribution in [1.29, 1.82) is 0 Å². The van der Waals surface area contributed by atoms with Gasteiger partial charge in [0.2, 0.25) is 0 Å². The molecule has 0 amide bonds. The number of rotatable bonds is 7. The molecule has 0 aliphatic heterocycles. The summed E-state index contributed by atoms with van der Waals surface area (Å²) in [4.78, 5) is 18.6. The van der Waals surface area contributed by atoms with Gasteiger partial charge >= 0.3 is 0 Å². The van der Waals surface area contributed by atoms with Crippen LogP contribution in [0.25, 0.3) is 0 Å². The van der Waals surface area contributed by atoms with Crippen LogP contribution in [0.3, 0.4) is 0 Å². The lowest BCUT2D eigenvalue weighted by atomic mass is 10.1. The zero-order valence-electron chi connectivity index (χ0n) is 17.5. The topological polar surface area (TPSA) is 52.8 Å². The summed E-state index contributed by atoms with van der Waals surface area (Å²) in [7, 11) is 3.27. The zero-order chi connectivity index (χ0) is 21.0. The van der Waals surface area contributed by atoms with E-state index in [1.165, 1.54) is 11.3 Å². The molecule has 1 heterocycles. The summed E-state index contributed by atoms with van der Waals surface area (Å²) < 4.78 is 12.9. The minimum atomic E-state index is 0.0681. The lowest BCUT2D eigenvalue weighted by Gasteiger charge is -2.11. The Morgan fingerprint density at radius 3 is 2.45 bits per heavy atom. The number of aryl methyl sites for hydroxylation is 2. The molecule has 29 heavy (non-hydrogen) atoms. The average Bonchev–Trinajstić information content (AvgIpc) is 3.03. The highest BCUT2D eigenvalue weighted by atomic mass is 32.1. The zero-order valence-corrected chi connectivity index (χ0v) is 18.3. The van der Waals surface area contributed by atoms with Crippen molar-refractivity contribution in [3.05, 3.63) is 69.0 Å². The Kier molecular flexibility index (Phi) is 6.54. The highest BCUT2D eigenvalue weighted by Crippen LogP contribution is 2.28. The number of Topliss-reactive ketones (excluding diaryl/α,β-unsaturated/α-hetero) is 1. The Hall–Kier alpha value is -2.86. The van der Waals surface area contributed by atoms with Crippen LogP contribution in [0, 0.1) is 13.8 Å². The standard InChI is InChI=1S/C23H26N2O3S/c1-15-8-6-7-9-19(15)24-23-25(16(2)22(29-23)17(3)26)13-12-18-10-11-20(27-4)21(14-18)28-5/h6-11,14H,12-13H2,1-5H3. The molecule has 0 bridgehead atoms. The molecule has 0 spiro atoms. The van der Waals surface area contributed by atoms with Crippen molar-refractivity contribution >= 4 is 22.8 Å². The minimum Gasteiger partial charge on any atom is -0.493 e. The van der Waals surface area contributed by atoms with E-state index in [9.17, 15) is 4.79 Å². The minimum absolute atomic E-state index is 0.0681. The van der Waals surface area contributed by atoms with E-state index < -0.39 is 0 Å². The first-order valence-electron chi connectivity index (χ1n) is 9.47. The van der Waals surface area contributed by atoms with Gasteiger partial charge in [0.05, 0.1) is 24.8 Å². The first kappa shape index (κ1) is 20.9. The molecule has 0 unspecified atom stereocenters. The Bertz CT molecular complexity index is 1100. The Morgan fingerprint density at radius 1 is 1.07 bits per heavy atom. The number of para-hydroxylation sites is 1. The predicted octanol–water partition coefficient (Wildman–Crippen LogP) is 4.86. The number of carbonyl (C=O) groups is 1. The average molecular weight is 411 g/mol. The van der Waals surface area contributed by atoms with Gasteiger partial charge in [0.1, 0.15) is 0 Å². The second kappa shape index (κ2) is 9.09. The molecule has 6 heteroatoms. The van der Waals surface area contributed by atoms with E-state index in [0.29, 0.717) is 11.5 Å². The van der Waals surface area contributed by atoms with Gasteiger partial charge in [0.15, 0.2) is 22.1 Å². The predicted molar refractivity (Wildman–Crippen MR) is 117 cm³/mol. The van der Waals surface area contributed by atoms with Gasteiger partial charge in [-0.2, -0.15) is 0 Å². The van der Waals surface area contributed by atoms with E-state index in [1.54, 1.807) is 21.1 Å². The first-order valence-corrected chi connectivity index (χ1v) is 10.3. The fourth-order valence-electron chi connectivity index (χ4n) is 3.23. The molecule has 0 aliphatic rings. The number of benzene rings is 2. The number of nitrogens with zero attached hydrogens (tertiary/aromatic N) is 2. The normalized spacial score (nSPS) is 11.6. The van der Waals surface area contributed by atoms with Gasteiger partial charge in [-0.3, -0.25) is 4.79 Å². The van der Waals surface area contributed by atoms with Crippen LogP contribution in [0.5, 0.6) is 11.5 Å². The number of hydrogen-bond donors (Lipinski definition) is 0. The summed E-state index contributed by atoms with van der Waals surface area (Å²) in [6, 6.07) is 14.0. The van der Waals surface area contributed by atoms with Crippen molar-refractivity contribution in [3.63, 3.8) is 0 Å². The van der Waals surface area contributed by atoms with Crippen molar-refractivity contribution in [2.75, 3.05) is 14.2 Å². The largest absolute Gasteiger partial charge is 0.493 e. The highest BCUT2D eigenvalue weighted by molar-refractivity contribution is 7.11. The highest BCUT2D eigenvalue weighted by Gasteiger charge is 2.14. The lowest BCUT2D eigenvalue weighted by Crippen LogP contribution is -2.17. The molecule has 0 N–H and O–H groups in total. The molecule has 0 radical (unpaired) electrons. The second-order valence-corrected chi connectivity index (χ2v) is 7.82. The molecular formula is C23H26N2O3S. The van der Waals surface area contributed by atoms with Crippen molar-refractivity contribution in [2.45, 2.75) is 33.7 Å². The summed E-state index contributed by atoms with van der Waals surface area (Å²) in [5, 5.41) is 0. The molecule has 0 fully saturated rings. The number of thiazole rings is 1. The van der Waals surface area contributed by atoms with Crippen molar-refractivity contribution in [2.24, 2.45) is 4.99 Å². The maximum absolute atomic E-state index is 12.1. The van der Waals surface area contributed by atoms with Crippen LogP contribution in [0.15, 0.2) is 47.5 Å². The van der Waals surface area contributed by atoms with Gasteiger partial charge in [-0.1, -0.05) is 35.6 Å². The van der Waals surface area contributed by atoms with Gasteiger partial charge in [0, 0.05) is 19.2 Å². The third-order valence-corrected chi connectivity index (χ3v) is 6.16. The fraction of sp³-hybridized carbons (Fsp3) is 0.304. The third kappa shape index (κ3) is 4.59. The summed E-state index contributed by atoms with van der Waals surface area (Å²) in [6.45, 7) is 6.35. The molecule has 0 saturated heterocycles. The van der Waals surface area contributed by atoms with Gasteiger partial charge in [-0.15, -0.1) is 0 Å². The maximum Gasteiger partial charge on any atom is 0.190 e. The molecule has 3 aromatic rings. The molecule has 0 saturated carbocycles. The second-order valence-electron chi connectivity index (χ2n) is 6.84. The molecule has 152 valence electrons. The smallest absolute Gasteiger partial charge is 0.190 e. The number of methoxy groups -OCH3 is 2. The van der Waals surface area contributed by atoms with Gasteiger partial charge < -0.3 is 14.0 Å². The molecule has 1 aromatic heterocycles. The molecule has 2 aromatic carbocycles. The summed E-state index contributed by atoms with van der Waals surface area (Å²) in [5.74, 6) is 1.50. The third-order valence-electron chi connectivity index (χ3n) is 4.88. The Labute approximate surface area is 175 Å². The first-order chi connectivity index (χ1) is 13.9. The van der Waals surface area contributed by atoms with Crippen LogP contribution in [-0.2, 0) is 13.0 Å². The van der Waals surface area contributed by atoms with Crippen LogP contribution in [0.2, 0.25) is 0 Å². The number of ketones is 1. The number of carbonyl (C=O) groups excluding carboxylic acids is 1. The van der Waals surface area contributed by atoms with Gasteiger partial charge in [-0.25, -0.2) is 4.99 Å². The monoisotopic (exact) mass is 410 g/mol. The lowest BCUT2D eigenvalue weighted by molar-refractivity contribution is 0.102. The number of ether oxygens (including phenoxy) is 2. The van der Waals surface area contributed by atoms with Crippen LogP contribution in [0.4, 0.5) is 5.69 Å². The van der Waals surface area contributed by atoms with E-state index in [1.807, 2.05) is 56.3 Å². The summed E-state index contributed by atoms with van der Waals surface area (Å²) >= 11 is 1.45. The SMILES string of the molecule is COc1ccc(CCn2c(C)c(C(C)=O)sc2=Nc2ccccc2C)cc1OC. The van der Waals surface area contributed by atoms with E-state index in [0.717, 1.165) is 45.2 Å². The number of hydrogen-bond acceptors (Lipinski definition) is 5. The van der Waals surface area contributed by atoms with E-state index in [4.69, 9.17) is 14.5 Å². The number of aromatic nitrogens is 1. The Balaban J connectivity index is 1.98. The molecule has 0 aliphatic carbocycles. The van der Waals surface area contributed by atoms with Crippen molar-refractivity contribution in [1.82, 2.24) is 4.57 Å². The molecular weight excluding hydrogens is 384 g/mol. The van der Waals surface area contributed by atoms with E-state index >= 15 is 0 Å². The summed E-state index contributed by atoms with van der Waals surface area (Å²) in [5.41, 5.74) is 4.11. The van der Waals surface area contributed by atoms with Gasteiger partial charge in [0.25, 0.3) is 0 Å². The van der Waals surface area contributed by atoms with Crippen LogP contribution >= 0.6 is 11.3 Å². The van der Waals surface area contributed by atoms with Crippen LogP contribution in [-0.4, -0.2) is 24.6 Å². The maximum atomic E-state index is 12.1. The molecule has 5 nitrogen and oxygen atoms in total. The molecule has 3 rings (SSSR count). The van der Waals surface area contributed by atoms with Crippen molar-refractivity contribution < 1.29 is 14.3 Å². The fourth-order valence-corrected chi connectivity index (χ4v) is 4.29. The Morgan fingerprint density at radius 2 is 1.79 bits per heavy atom.